The molecule has 3 heterocycles. The monoisotopic (exact) mass is 253 g/mol. The largest absolute Gasteiger partial charge is 0.379 e. The number of ether oxygens (including phenoxy) is 1. The fourth-order valence-corrected chi connectivity index (χ4v) is 4.12. The SMILES string of the molecule is CN1C2CCC1CN(C1(CN)CCCOC1)CC2. The van der Waals surface area contributed by atoms with E-state index in [0.29, 0.717) is 0 Å². The van der Waals surface area contributed by atoms with E-state index >= 15 is 0 Å². The Balaban J connectivity index is 1.75. The average molecular weight is 253 g/mol. The van der Waals surface area contributed by atoms with E-state index in [1.807, 2.05) is 0 Å². The quantitative estimate of drug-likeness (QED) is 0.785. The minimum absolute atomic E-state index is 0.129. The molecule has 0 aromatic rings. The molecule has 3 aliphatic heterocycles. The molecule has 3 rings (SSSR count). The normalized spacial score (nSPS) is 43.0. The summed E-state index contributed by atoms with van der Waals surface area (Å²) in [5.41, 5.74) is 6.25. The smallest absolute Gasteiger partial charge is 0.0662 e. The van der Waals surface area contributed by atoms with Crippen molar-refractivity contribution in [2.24, 2.45) is 5.73 Å². The predicted molar refractivity (Wildman–Crippen MR) is 72.6 cm³/mol. The molecular weight excluding hydrogens is 226 g/mol. The van der Waals surface area contributed by atoms with Crippen LogP contribution < -0.4 is 5.73 Å². The van der Waals surface area contributed by atoms with Gasteiger partial charge in [-0.2, -0.15) is 0 Å². The molecule has 0 radical (unpaired) electrons. The Labute approximate surface area is 110 Å². The van der Waals surface area contributed by atoms with Gasteiger partial charge >= 0.3 is 0 Å². The van der Waals surface area contributed by atoms with E-state index in [2.05, 4.69) is 16.8 Å². The van der Waals surface area contributed by atoms with Gasteiger partial charge < -0.3 is 10.5 Å². The molecule has 0 spiro atoms. The number of nitrogens with two attached hydrogens (primary N) is 1. The first-order chi connectivity index (χ1) is 8.75. The highest BCUT2D eigenvalue weighted by Gasteiger charge is 2.43. The van der Waals surface area contributed by atoms with Gasteiger partial charge in [0.2, 0.25) is 0 Å². The molecular formula is C14H27N3O. The van der Waals surface area contributed by atoms with Crippen LogP contribution in [0.4, 0.5) is 0 Å². The Bertz CT molecular complexity index is 291. The second-order valence-corrected chi connectivity index (χ2v) is 6.37. The van der Waals surface area contributed by atoms with Gasteiger partial charge in [-0.15, -0.1) is 0 Å². The van der Waals surface area contributed by atoms with Crippen LogP contribution >= 0.6 is 0 Å². The Kier molecular flexibility index (Phi) is 3.63. The Hall–Kier alpha value is -0.160. The maximum Gasteiger partial charge on any atom is 0.0662 e. The van der Waals surface area contributed by atoms with Crippen molar-refractivity contribution in [3.05, 3.63) is 0 Å². The molecule has 3 aliphatic rings. The molecule has 3 unspecified atom stereocenters. The van der Waals surface area contributed by atoms with Crippen molar-refractivity contribution in [2.75, 3.05) is 39.9 Å². The van der Waals surface area contributed by atoms with E-state index < -0.39 is 0 Å². The molecule has 18 heavy (non-hydrogen) atoms. The van der Waals surface area contributed by atoms with Crippen LogP contribution in [0.1, 0.15) is 32.1 Å². The van der Waals surface area contributed by atoms with Crippen molar-refractivity contribution in [1.29, 1.82) is 0 Å². The Morgan fingerprint density at radius 2 is 2.11 bits per heavy atom. The van der Waals surface area contributed by atoms with E-state index in [-0.39, 0.29) is 5.54 Å². The van der Waals surface area contributed by atoms with Gasteiger partial charge in [0.05, 0.1) is 12.1 Å². The number of hydrogen-bond acceptors (Lipinski definition) is 4. The summed E-state index contributed by atoms with van der Waals surface area (Å²) < 4.78 is 5.74. The molecule has 4 nitrogen and oxygen atoms in total. The minimum atomic E-state index is 0.129. The van der Waals surface area contributed by atoms with Crippen LogP contribution in [-0.4, -0.2) is 67.3 Å². The Morgan fingerprint density at radius 1 is 1.28 bits per heavy atom. The molecule has 0 aromatic heterocycles. The van der Waals surface area contributed by atoms with Gasteiger partial charge in [-0.3, -0.25) is 9.80 Å². The molecule has 4 heteroatoms. The second-order valence-electron chi connectivity index (χ2n) is 6.37. The van der Waals surface area contributed by atoms with Crippen LogP contribution in [0.2, 0.25) is 0 Å². The van der Waals surface area contributed by atoms with E-state index in [1.165, 1.54) is 38.8 Å². The maximum atomic E-state index is 6.12. The zero-order valence-corrected chi connectivity index (χ0v) is 11.6. The molecule has 0 amide bonds. The molecule has 2 bridgehead atoms. The number of nitrogens with zero attached hydrogens (tertiary/aromatic N) is 2. The lowest BCUT2D eigenvalue weighted by molar-refractivity contribution is -0.0476. The number of fused-ring (bicyclic) bond motifs is 2. The number of hydrogen-bond donors (Lipinski definition) is 1. The summed E-state index contributed by atoms with van der Waals surface area (Å²) in [6, 6.07) is 1.54. The third-order valence-corrected chi connectivity index (χ3v) is 5.50. The average Bonchev–Trinajstić information content (AvgIpc) is 2.64. The standard InChI is InChI=1S/C14H27N3O/c1-16-12-3-4-13(16)9-17(7-5-12)14(10-15)6-2-8-18-11-14/h12-13H,2-11,15H2,1H3. The molecule has 3 saturated heterocycles. The van der Waals surface area contributed by atoms with Crippen molar-refractivity contribution in [3.63, 3.8) is 0 Å². The van der Waals surface area contributed by atoms with E-state index in [4.69, 9.17) is 10.5 Å². The summed E-state index contributed by atoms with van der Waals surface area (Å²) in [5, 5.41) is 0. The molecule has 2 N–H and O–H groups in total. The summed E-state index contributed by atoms with van der Waals surface area (Å²) in [4.78, 5) is 5.26. The third-order valence-electron chi connectivity index (χ3n) is 5.50. The molecule has 0 aromatic carbocycles. The third kappa shape index (κ3) is 2.09. The first-order valence-electron chi connectivity index (χ1n) is 7.50. The summed E-state index contributed by atoms with van der Waals surface area (Å²) in [6.45, 7) is 4.89. The summed E-state index contributed by atoms with van der Waals surface area (Å²) in [6.07, 6.45) is 6.43. The van der Waals surface area contributed by atoms with Gasteiger partial charge in [0.1, 0.15) is 0 Å². The van der Waals surface area contributed by atoms with E-state index in [1.54, 1.807) is 0 Å². The van der Waals surface area contributed by atoms with Gasteiger partial charge in [-0.1, -0.05) is 0 Å². The van der Waals surface area contributed by atoms with Crippen LogP contribution in [0.5, 0.6) is 0 Å². The lowest BCUT2D eigenvalue weighted by atomic mass is 9.89. The lowest BCUT2D eigenvalue weighted by Gasteiger charge is -2.46. The first-order valence-corrected chi connectivity index (χ1v) is 7.50. The fraction of sp³-hybridized carbons (Fsp3) is 1.00. The van der Waals surface area contributed by atoms with Crippen molar-refractivity contribution >= 4 is 0 Å². The van der Waals surface area contributed by atoms with Gasteiger partial charge in [-0.25, -0.2) is 0 Å². The summed E-state index contributed by atoms with van der Waals surface area (Å²) in [5.74, 6) is 0. The van der Waals surface area contributed by atoms with Crippen LogP contribution in [0.25, 0.3) is 0 Å². The first kappa shape index (κ1) is 12.9. The molecule has 0 saturated carbocycles. The predicted octanol–water partition coefficient (Wildman–Crippen LogP) is 0.663. The van der Waals surface area contributed by atoms with E-state index in [9.17, 15) is 0 Å². The number of rotatable bonds is 2. The zero-order valence-electron chi connectivity index (χ0n) is 11.6. The van der Waals surface area contributed by atoms with Gasteiger partial charge in [-0.05, 0) is 39.2 Å². The highest BCUT2D eigenvalue weighted by atomic mass is 16.5. The van der Waals surface area contributed by atoms with Crippen molar-refractivity contribution < 1.29 is 4.74 Å². The molecule has 3 atom stereocenters. The fourth-order valence-electron chi connectivity index (χ4n) is 4.12. The summed E-state index contributed by atoms with van der Waals surface area (Å²) in [7, 11) is 2.30. The van der Waals surface area contributed by atoms with Crippen molar-refractivity contribution in [1.82, 2.24) is 9.80 Å². The lowest BCUT2D eigenvalue weighted by Crippen LogP contribution is -2.60. The number of likely N-dealkylation sites (tertiary alicyclic amines) is 1. The molecule has 3 fully saturated rings. The second kappa shape index (κ2) is 5.08. The van der Waals surface area contributed by atoms with E-state index in [0.717, 1.165) is 38.3 Å². The van der Waals surface area contributed by atoms with Crippen LogP contribution in [0, 0.1) is 0 Å². The van der Waals surface area contributed by atoms with Gasteiger partial charge in [0, 0.05) is 38.3 Å². The highest BCUT2D eigenvalue weighted by Crippen LogP contribution is 2.34. The van der Waals surface area contributed by atoms with Crippen LogP contribution in [-0.2, 0) is 4.74 Å². The topological polar surface area (TPSA) is 41.7 Å². The maximum absolute atomic E-state index is 6.12. The van der Waals surface area contributed by atoms with Crippen molar-refractivity contribution in [3.8, 4) is 0 Å². The molecule has 104 valence electrons. The minimum Gasteiger partial charge on any atom is -0.379 e. The number of likely N-dealkylation sites (N-methyl/N-ethyl adjacent to an activating group) is 1. The summed E-state index contributed by atoms with van der Waals surface area (Å²) >= 11 is 0. The highest BCUT2D eigenvalue weighted by molar-refractivity contribution is 5.00. The van der Waals surface area contributed by atoms with Crippen molar-refractivity contribution in [2.45, 2.75) is 49.7 Å². The molecule has 0 aliphatic carbocycles. The van der Waals surface area contributed by atoms with Crippen LogP contribution in [0.15, 0.2) is 0 Å². The Morgan fingerprint density at radius 3 is 2.83 bits per heavy atom. The zero-order chi connectivity index (χ0) is 12.6. The van der Waals surface area contributed by atoms with Gasteiger partial charge in [0.25, 0.3) is 0 Å². The van der Waals surface area contributed by atoms with Crippen LogP contribution in [0.3, 0.4) is 0 Å². The van der Waals surface area contributed by atoms with Gasteiger partial charge in [0.15, 0.2) is 0 Å².